The third kappa shape index (κ3) is 3.35. The van der Waals surface area contributed by atoms with Gasteiger partial charge in [0, 0.05) is 12.6 Å². The molecule has 20 heavy (non-hydrogen) atoms. The molecule has 2 saturated carbocycles. The van der Waals surface area contributed by atoms with Crippen molar-refractivity contribution in [1.29, 1.82) is 0 Å². The quantitative estimate of drug-likeness (QED) is 0.778. The van der Waals surface area contributed by atoms with Crippen molar-refractivity contribution >= 4 is 0 Å². The van der Waals surface area contributed by atoms with Crippen molar-refractivity contribution in [3.8, 4) is 5.75 Å². The maximum atomic E-state index is 5.19. The molecule has 3 rings (SSSR count). The highest BCUT2D eigenvalue weighted by atomic mass is 16.5. The topological polar surface area (TPSA) is 21.3 Å². The molecule has 110 valence electrons. The predicted octanol–water partition coefficient (Wildman–Crippen LogP) is 3.80. The minimum Gasteiger partial charge on any atom is -0.497 e. The summed E-state index contributed by atoms with van der Waals surface area (Å²) in [6, 6.07) is 9.09. The zero-order valence-electron chi connectivity index (χ0n) is 12.8. The third-order valence-corrected chi connectivity index (χ3v) is 5.16. The highest BCUT2D eigenvalue weighted by Gasteiger charge is 2.53. The van der Waals surface area contributed by atoms with E-state index in [1.807, 2.05) is 0 Å². The van der Waals surface area contributed by atoms with E-state index in [9.17, 15) is 0 Å². The lowest BCUT2D eigenvalue weighted by atomic mass is 9.99. The number of ether oxygens (including phenoxy) is 1. The van der Waals surface area contributed by atoms with Crippen LogP contribution in [0.4, 0.5) is 0 Å². The number of hydrogen-bond donors (Lipinski definition) is 1. The fourth-order valence-corrected chi connectivity index (χ4v) is 3.24. The van der Waals surface area contributed by atoms with Crippen LogP contribution in [0.5, 0.6) is 5.75 Å². The molecule has 0 saturated heterocycles. The van der Waals surface area contributed by atoms with Gasteiger partial charge in [0.05, 0.1) is 7.11 Å². The Morgan fingerprint density at radius 1 is 1.25 bits per heavy atom. The molecule has 2 aliphatic rings. The smallest absolute Gasteiger partial charge is 0.118 e. The molecule has 0 aromatic heterocycles. The molecule has 0 bridgehead atoms. The summed E-state index contributed by atoms with van der Waals surface area (Å²) in [5, 5.41) is 3.77. The van der Waals surface area contributed by atoms with Crippen LogP contribution in [0.15, 0.2) is 24.3 Å². The van der Waals surface area contributed by atoms with Gasteiger partial charge in [0.25, 0.3) is 0 Å². The van der Waals surface area contributed by atoms with Gasteiger partial charge in [-0.15, -0.1) is 0 Å². The van der Waals surface area contributed by atoms with Gasteiger partial charge in [-0.25, -0.2) is 0 Å². The average molecular weight is 273 g/mol. The van der Waals surface area contributed by atoms with Crippen LogP contribution >= 0.6 is 0 Å². The molecule has 1 N–H and O–H groups in total. The molecule has 1 unspecified atom stereocenters. The highest BCUT2D eigenvalue weighted by Crippen LogP contribution is 2.60. The molecule has 2 heteroatoms. The largest absolute Gasteiger partial charge is 0.497 e. The number of hydrogen-bond acceptors (Lipinski definition) is 2. The van der Waals surface area contributed by atoms with Gasteiger partial charge in [-0.3, -0.25) is 0 Å². The van der Waals surface area contributed by atoms with Crippen LogP contribution in [0.25, 0.3) is 0 Å². The van der Waals surface area contributed by atoms with E-state index < -0.39 is 0 Å². The monoisotopic (exact) mass is 273 g/mol. The van der Waals surface area contributed by atoms with Gasteiger partial charge in [-0.1, -0.05) is 12.1 Å². The molecule has 0 radical (unpaired) electrons. The van der Waals surface area contributed by atoms with Crippen LogP contribution in [-0.4, -0.2) is 19.7 Å². The molecule has 0 amide bonds. The Bertz CT molecular complexity index is 431. The normalized spacial score (nSPS) is 21.5. The minimum atomic E-state index is 0.619. The van der Waals surface area contributed by atoms with Gasteiger partial charge < -0.3 is 10.1 Å². The summed E-state index contributed by atoms with van der Waals surface area (Å²) < 4.78 is 5.19. The van der Waals surface area contributed by atoms with E-state index in [0.717, 1.165) is 18.1 Å². The Hall–Kier alpha value is -1.02. The second-order valence-electron chi connectivity index (χ2n) is 6.81. The van der Waals surface area contributed by atoms with E-state index in [1.165, 1.54) is 44.2 Å². The summed E-state index contributed by atoms with van der Waals surface area (Å²) in [5.74, 6) is 2.00. The van der Waals surface area contributed by atoms with Gasteiger partial charge in [0.2, 0.25) is 0 Å². The maximum absolute atomic E-state index is 5.19. The van der Waals surface area contributed by atoms with Crippen molar-refractivity contribution < 1.29 is 4.74 Å². The molecule has 2 nitrogen and oxygen atoms in total. The molecule has 1 aromatic carbocycles. The zero-order chi connectivity index (χ0) is 14.0. The second kappa shape index (κ2) is 5.77. The second-order valence-corrected chi connectivity index (χ2v) is 6.81. The summed E-state index contributed by atoms with van der Waals surface area (Å²) in [7, 11) is 1.72. The van der Waals surface area contributed by atoms with Gasteiger partial charge in [0.15, 0.2) is 0 Å². The summed E-state index contributed by atoms with van der Waals surface area (Å²) >= 11 is 0. The van der Waals surface area contributed by atoms with E-state index >= 15 is 0 Å². The molecule has 2 aliphatic carbocycles. The van der Waals surface area contributed by atoms with Crippen molar-refractivity contribution in [3.05, 3.63) is 29.8 Å². The van der Waals surface area contributed by atoms with Gasteiger partial charge in [-0.05, 0) is 74.5 Å². The van der Waals surface area contributed by atoms with Crippen LogP contribution in [0.1, 0.15) is 44.6 Å². The van der Waals surface area contributed by atoms with Crippen molar-refractivity contribution in [1.82, 2.24) is 5.32 Å². The molecular formula is C18H27NO. The van der Waals surface area contributed by atoms with E-state index in [2.05, 4.69) is 36.5 Å². The van der Waals surface area contributed by atoms with Crippen molar-refractivity contribution in [3.63, 3.8) is 0 Å². The lowest BCUT2D eigenvalue weighted by Gasteiger charge is -2.20. The molecule has 0 aliphatic heterocycles. The third-order valence-electron chi connectivity index (χ3n) is 5.16. The number of benzene rings is 1. The number of aryl methyl sites for hydroxylation is 1. The fraction of sp³-hybridized carbons (Fsp3) is 0.667. The molecular weight excluding hydrogens is 246 g/mol. The minimum absolute atomic E-state index is 0.619. The standard InChI is InChI=1S/C18H27NO/c1-14(19-13-18(11-12-18)16-7-8-16)3-4-15-5-9-17(20-2)10-6-15/h5-6,9-10,14,16,19H,3-4,7-8,11-13H2,1-2H3. The van der Waals surface area contributed by atoms with Crippen LogP contribution < -0.4 is 10.1 Å². The van der Waals surface area contributed by atoms with Crippen LogP contribution in [0.2, 0.25) is 0 Å². The first kappa shape index (κ1) is 13.9. The number of rotatable bonds is 8. The van der Waals surface area contributed by atoms with Gasteiger partial charge >= 0.3 is 0 Å². The number of nitrogens with one attached hydrogen (secondary N) is 1. The van der Waals surface area contributed by atoms with Gasteiger partial charge in [0.1, 0.15) is 5.75 Å². The molecule has 1 atom stereocenters. The van der Waals surface area contributed by atoms with Crippen LogP contribution in [0.3, 0.4) is 0 Å². The van der Waals surface area contributed by atoms with E-state index in [-0.39, 0.29) is 0 Å². The first-order valence-corrected chi connectivity index (χ1v) is 8.08. The molecule has 0 spiro atoms. The Labute approximate surface area is 122 Å². The first-order valence-electron chi connectivity index (χ1n) is 8.08. The van der Waals surface area contributed by atoms with E-state index in [0.29, 0.717) is 11.5 Å². The van der Waals surface area contributed by atoms with Crippen molar-refractivity contribution in [2.75, 3.05) is 13.7 Å². The van der Waals surface area contributed by atoms with E-state index in [4.69, 9.17) is 4.74 Å². The fourth-order valence-electron chi connectivity index (χ4n) is 3.24. The Kier molecular flexibility index (Phi) is 4.02. The van der Waals surface area contributed by atoms with Crippen molar-refractivity contribution in [2.24, 2.45) is 11.3 Å². The van der Waals surface area contributed by atoms with Crippen LogP contribution in [0, 0.1) is 11.3 Å². The zero-order valence-corrected chi connectivity index (χ0v) is 12.8. The Morgan fingerprint density at radius 3 is 2.50 bits per heavy atom. The average Bonchev–Trinajstić information content (AvgIpc) is 3.36. The maximum Gasteiger partial charge on any atom is 0.118 e. The summed E-state index contributed by atoms with van der Waals surface area (Å²) in [4.78, 5) is 0. The SMILES string of the molecule is COc1ccc(CCC(C)NCC2(C3CC3)CC2)cc1. The Balaban J connectivity index is 1.39. The molecule has 2 fully saturated rings. The lowest BCUT2D eigenvalue weighted by Crippen LogP contribution is -2.33. The number of methoxy groups -OCH3 is 1. The van der Waals surface area contributed by atoms with Crippen LogP contribution in [-0.2, 0) is 6.42 Å². The molecule has 0 heterocycles. The molecule has 1 aromatic rings. The Morgan fingerprint density at radius 2 is 1.95 bits per heavy atom. The predicted molar refractivity (Wildman–Crippen MR) is 83.2 cm³/mol. The summed E-state index contributed by atoms with van der Waals surface area (Å²) in [6.07, 6.45) is 8.28. The lowest BCUT2D eigenvalue weighted by molar-refractivity contribution is 0.371. The first-order chi connectivity index (χ1) is 9.72. The van der Waals surface area contributed by atoms with Gasteiger partial charge in [-0.2, -0.15) is 0 Å². The summed E-state index contributed by atoms with van der Waals surface area (Å²) in [5.41, 5.74) is 2.12. The van der Waals surface area contributed by atoms with Crippen molar-refractivity contribution in [2.45, 2.75) is 51.5 Å². The van der Waals surface area contributed by atoms with E-state index in [1.54, 1.807) is 7.11 Å². The highest BCUT2D eigenvalue weighted by molar-refractivity contribution is 5.27. The summed E-state index contributed by atoms with van der Waals surface area (Å²) in [6.45, 7) is 3.58.